The Balaban J connectivity index is 2.00. The Kier molecular flexibility index (Phi) is 4.18. The lowest BCUT2D eigenvalue weighted by Crippen LogP contribution is -1.97. The third-order valence-electron chi connectivity index (χ3n) is 2.61. The molecule has 0 aliphatic carbocycles. The van der Waals surface area contributed by atoms with Crippen LogP contribution in [0.25, 0.3) is 0 Å². The lowest BCUT2D eigenvalue weighted by molar-refractivity contribution is 0.199. The molecule has 2 aromatic rings. The molecule has 2 rings (SSSR count). The summed E-state index contributed by atoms with van der Waals surface area (Å²) in [5.74, 6) is 0.743. The van der Waals surface area contributed by atoms with Gasteiger partial charge in [-0.05, 0) is 30.7 Å². The molecule has 0 saturated carbocycles. The van der Waals surface area contributed by atoms with Gasteiger partial charge >= 0.3 is 0 Å². The molecule has 0 spiro atoms. The summed E-state index contributed by atoms with van der Waals surface area (Å²) in [4.78, 5) is 3.92. The average Bonchev–Trinajstić information content (AvgIpc) is 2.38. The summed E-state index contributed by atoms with van der Waals surface area (Å²) in [5.41, 5.74) is 1.76. The number of halogens is 1. The number of aliphatic hydroxyl groups excluding tert-OH is 1. The predicted molar refractivity (Wildman–Crippen MR) is 70.7 cm³/mol. The van der Waals surface area contributed by atoms with E-state index >= 15 is 0 Å². The van der Waals surface area contributed by atoms with Gasteiger partial charge < -0.3 is 9.84 Å². The summed E-state index contributed by atoms with van der Waals surface area (Å²) in [6.45, 7) is 2.13. The van der Waals surface area contributed by atoms with Crippen molar-refractivity contribution in [3.05, 3.63) is 58.9 Å². The van der Waals surface area contributed by atoms with Gasteiger partial charge in [-0.3, -0.25) is 4.98 Å². The molecule has 1 aromatic heterocycles. The fourth-order valence-electron chi connectivity index (χ4n) is 1.52. The number of aromatic nitrogens is 1. The fourth-order valence-corrected chi connectivity index (χ4v) is 1.70. The van der Waals surface area contributed by atoms with Crippen LogP contribution in [0.3, 0.4) is 0 Å². The lowest BCUT2D eigenvalue weighted by Gasteiger charge is -2.09. The summed E-state index contributed by atoms with van der Waals surface area (Å²) >= 11 is 5.98. The molecule has 1 heterocycles. The SMILES string of the molecule is C[C@H](O)c1ccc(OCc2ccncc2Cl)cc1. The number of ether oxygens (including phenoxy) is 1. The molecule has 0 saturated heterocycles. The molecule has 0 bridgehead atoms. The quantitative estimate of drug-likeness (QED) is 0.920. The van der Waals surface area contributed by atoms with Gasteiger partial charge in [-0.25, -0.2) is 0 Å². The lowest BCUT2D eigenvalue weighted by atomic mass is 10.1. The largest absolute Gasteiger partial charge is 0.489 e. The molecule has 0 amide bonds. The number of nitrogens with zero attached hydrogens (tertiary/aromatic N) is 1. The van der Waals surface area contributed by atoms with Crippen LogP contribution in [0.5, 0.6) is 5.75 Å². The van der Waals surface area contributed by atoms with E-state index < -0.39 is 6.10 Å². The van der Waals surface area contributed by atoms with Gasteiger partial charge in [-0.15, -0.1) is 0 Å². The zero-order valence-electron chi connectivity index (χ0n) is 10.0. The van der Waals surface area contributed by atoms with Gasteiger partial charge in [0.25, 0.3) is 0 Å². The van der Waals surface area contributed by atoms with Gasteiger partial charge in [0, 0.05) is 18.0 Å². The van der Waals surface area contributed by atoms with Crippen LogP contribution in [0.1, 0.15) is 24.2 Å². The van der Waals surface area contributed by atoms with Gasteiger partial charge in [0.05, 0.1) is 11.1 Å². The number of aliphatic hydroxyl groups is 1. The standard InChI is InChI=1S/C14H14ClNO2/c1-10(17)11-2-4-13(5-3-11)18-9-12-6-7-16-8-14(12)15/h2-8,10,17H,9H2,1H3/t10-/m0/s1. The minimum absolute atomic E-state index is 0.398. The van der Waals surface area contributed by atoms with E-state index in [1.807, 2.05) is 30.3 Å². The van der Waals surface area contributed by atoms with Gasteiger partial charge in [0.15, 0.2) is 0 Å². The van der Waals surface area contributed by atoms with Crippen LogP contribution in [0.2, 0.25) is 5.02 Å². The zero-order chi connectivity index (χ0) is 13.0. The van der Waals surface area contributed by atoms with Crippen molar-refractivity contribution in [3.63, 3.8) is 0 Å². The van der Waals surface area contributed by atoms with Gasteiger partial charge in [0.1, 0.15) is 12.4 Å². The molecule has 0 radical (unpaired) electrons. The van der Waals surface area contributed by atoms with Crippen LogP contribution in [0.4, 0.5) is 0 Å². The van der Waals surface area contributed by atoms with Gasteiger partial charge in [-0.2, -0.15) is 0 Å². The smallest absolute Gasteiger partial charge is 0.119 e. The second-order valence-electron chi connectivity index (χ2n) is 4.00. The van der Waals surface area contributed by atoms with Crippen molar-refractivity contribution in [2.75, 3.05) is 0 Å². The highest BCUT2D eigenvalue weighted by molar-refractivity contribution is 6.31. The van der Waals surface area contributed by atoms with Gasteiger partial charge in [-0.1, -0.05) is 23.7 Å². The molecule has 94 valence electrons. The number of benzene rings is 1. The first kappa shape index (κ1) is 12.9. The summed E-state index contributed by atoms with van der Waals surface area (Å²) in [6.07, 6.45) is 2.81. The number of hydrogen-bond acceptors (Lipinski definition) is 3. The van der Waals surface area contributed by atoms with Crippen LogP contribution >= 0.6 is 11.6 Å². The first-order chi connectivity index (χ1) is 8.66. The Hall–Kier alpha value is -1.58. The van der Waals surface area contributed by atoms with E-state index in [2.05, 4.69) is 4.98 Å². The monoisotopic (exact) mass is 263 g/mol. The molecule has 0 aliphatic rings. The summed E-state index contributed by atoms with van der Waals surface area (Å²) in [7, 11) is 0. The molecule has 4 heteroatoms. The number of pyridine rings is 1. The van der Waals surface area contributed by atoms with Crippen LogP contribution in [0, 0.1) is 0 Å². The van der Waals surface area contributed by atoms with Crippen LogP contribution in [0.15, 0.2) is 42.7 Å². The first-order valence-corrected chi connectivity index (χ1v) is 6.04. The second-order valence-corrected chi connectivity index (χ2v) is 4.41. The molecule has 3 nitrogen and oxygen atoms in total. The van der Waals surface area contributed by atoms with E-state index in [4.69, 9.17) is 16.3 Å². The summed E-state index contributed by atoms with van der Waals surface area (Å²) < 4.78 is 5.61. The third-order valence-corrected chi connectivity index (χ3v) is 2.95. The Bertz CT molecular complexity index is 511. The second kappa shape index (κ2) is 5.85. The Morgan fingerprint density at radius 2 is 2.00 bits per heavy atom. The molecule has 1 N–H and O–H groups in total. The van der Waals surface area contributed by atoms with Crippen molar-refractivity contribution < 1.29 is 9.84 Å². The van der Waals surface area contributed by atoms with Crippen LogP contribution in [-0.2, 0) is 6.61 Å². The molecule has 0 unspecified atom stereocenters. The van der Waals surface area contributed by atoms with E-state index in [1.165, 1.54) is 0 Å². The summed E-state index contributed by atoms with van der Waals surface area (Å²) in [5, 5.41) is 9.99. The van der Waals surface area contributed by atoms with Crippen molar-refractivity contribution >= 4 is 11.6 Å². The molecule has 1 atom stereocenters. The van der Waals surface area contributed by atoms with Crippen molar-refractivity contribution in [2.45, 2.75) is 19.6 Å². The first-order valence-electron chi connectivity index (χ1n) is 5.66. The molecule has 0 fully saturated rings. The van der Waals surface area contributed by atoms with E-state index in [9.17, 15) is 5.11 Å². The normalized spacial score (nSPS) is 12.2. The minimum atomic E-state index is -0.464. The highest BCUT2D eigenvalue weighted by Gasteiger charge is 2.03. The Labute approximate surface area is 111 Å². The maximum atomic E-state index is 9.39. The van der Waals surface area contributed by atoms with Crippen molar-refractivity contribution in [2.24, 2.45) is 0 Å². The highest BCUT2D eigenvalue weighted by atomic mass is 35.5. The fraction of sp³-hybridized carbons (Fsp3) is 0.214. The average molecular weight is 264 g/mol. The molecular formula is C14H14ClNO2. The maximum absolute atomic E-state index is 9.39. The highest BCUT2D eigenvalue weighted by Crippen LogP contribution is 2.20. The van der Waals surface area contributed by atoms with Crippen LogP contribution in [-0.4, -0.2) is 10.1 Å². The topological polar surface area (TPSA) is 42.4 Å². The van der Waals surface area contributed by atoms with Crippen LogP contribution < -0.4 is 4.74 Å². The van der Waals surface area contributed by atoms with Crippen molar-refractivity contribution in [1.82, 2.24) is 4.98 Å². The van der Waals surface area contributed by atoms with E-state index in [0.29, 0.717) is 11.6 Å². The molecule has 0 aliphatic heterocycles. The van der Waals surface area contributed by atoms with E-state index in [1.54, 1.807) is 19.3 Å². The Morgan fingerprint density at radius 1 is 1.28 bits per heavy atom. The molecule has 1 aromatic carbocycles. The van der Waals surface area contributed by atoms with Crippen molar-refractivity contribution in [3.8, 4) is 5.75 Å². The Morgan fingerprint density at radius 3 is 2.61 bits per heavy atom. The van der Waals surface area contributed by atoms with Gasteiger partial charge in [0.2, 0.25) is 0 Å². The van der Waals surface area contributed by atoms with E-state index in [-0.39, 0.29) is 0 Å². The van der Waals surface area contributed by atoms with Crippen molar-refractivity contribution in [1.29, 1.82) is 0 Å². The minimum Gasteiger partial charge on any atom is -0.489 e. The number of hydrogen-bond donors (Lipinski definition) is 1. The predicted octanol–water partition coefficient (Wildman–Crippen LogP) is 3.37. The molecule has 18 heavy (non-hydrogen) atoms. The van der Waals surface area contributed by atoms with E-state index in [0.717, 1.165) is 16.9 Å². The molecular weight excluding hydrogens is 250 g/mol. The summed E-state index contributed by atoms with van der Waals surface area (Å²) in [6, 6.07) is 9.17. The number of rotatable bonds is 4. The third kappa shape index (κ3) is 3.22. The zero-order valence-corrected chi connectivity index (χ0v) is 10.8. The maximum Gasteiger partial charge on any atom is 0.119 e.